The Morgan fingerprint density at radius 1 is 1.04 bits per heavy atom. The maximum Gasteiger partial charge on any atom is 0.161 e. The van der Waals surface area contributed by atoms with Gasteiger partial charge in [-0.1, -0.05) is 6.92 Å². The lowest BCUT2D eigenvalue weighted by Crippen LogP contribution is -2.17. The molecule has 23 heavy (non-hydrogen) atoms. The van der Waals surface area contributed by atoms with Gasteiger partial charge in [0.05, 0.1) is 18.9 Å². The molecule has 1 aromatic heterocycles. The van der Waals surface area contributed by atoms with Crippen LogP contribution in [0.1, 0.15) is 32.9 Å². The first-order valence-corrected chi connectivity index (χ1v) is 9.21. The molecule has 126 valence electrons. The molecule has 0 radical (unpaired) electrons. The summed E-state index contributed by atoms with van der Waals surface area (Å²) in [4.78, 5) is 4.74. The van der Waals surface area contributed by atoms with Gasteiger partial charge in [-0.2, -0.15) is 0 Å². The van der Waals surface area contributed by atoms with Crippen LogP contribution in [0, 0.1) is 0 Å². The predicted molar refractivity (Wildman–Crippen MR) is 96.8 cm³/mol. The van der Waals surface area contributed by atoms with E-state index in [1.807, 2.05) is 32.0 Å². The molecule has 0 fully saturated rings. The predicted octanol–water partition coefficient (Wildman–Crippen LogP) is 4.15. The molecule has 0 atom stereocenters. The van der Waals surface area contributed by atoms with E-state index in [-0.39, 0.29) is 0 Å². The molecule has 0 aliphatic heterocycles. The van der Waals surface area contributed by atoms with Crippen molar-refractivity contribution in [2.24, 2.45) is 0 Å². The Labute approximate surface area is 142 Å². The first kappa shape index (κ1) is 17.8. The molecule has 0 amide bonds. The van der Waals surface area contributed by atoms with Gasteiger partial charge in [-0.3, -0.25) is 0 Å². The highest BCUT2D eigenvalue weighted by atomic mass is 32.1. The van der Waals surface area contributed by atoms with E-state index in [1.54, 1.807) is 11.3 Å². The van der Waals surface area contributed by atoms with Crippen LogP contribution in [-0.4, -0.2) is 31.3 Å². The van der Waals surface area contributed by atoms with Gasteiger partial charge in [0.2, 0.25) is 0 Å². The summed E-state index contributed by atoms with van der Waals surface area (Å²) in [5.74, 6) is 1.58. The van der Waals surface area contributed by atoms with Crippen LogP contribution in [0.15, 0.2) is 23.6 Å². The van der Waals surface area contributed by atoms with Gasteiger partial charge in [0.1, 0.15) is 5.01 Å². The average molecular weight is 334 g/mol. The van der Waals surface area contributed by atoms with E-state index < -0.39 is 0 Å². The second kappa shape index (κ2) is 9.53. The van der Waals surface area contributed by atoms with Gasteiger partial charge in [0.15, 0.2) is 11.5 Å². The fourth-order valence-corrected chi connectivity index (χ4v) is 3.11. The highest BCUT2D eigenvalue weighted by molar-refractivity contribution is 7.13. The number of nitrogens with zero attached hydrogens (tertiary/aromatic N) is 1. The lowest BCUT2D eigenvalue weighted by Gasteiger charge is -2.11. The van der Waals surface area contributed by atoms with E-state index >= 15 is 0 Å². The van der Waals surface area contributed by atoms with Crippen molar-refractivity contribution in [1.82, 2.24) is 10.3 Å². The summed E-state index contributed by atoms with van der Waals surface area (Å²) in [7, 11) is 0. The Balaban J connectivity index is 2.08. The Morgan fingerprint density at radius 3 is 2.57 bits per heavy atom. The van der Waals surface area contributed by atoms with Crippen molar-refractivity contribution in [3.05, 3.63) is 29.3 Å². The summed E-state index contributed by atoms with van der Waals surface area (Å²) in [6.45, 7) is 9.42. The number of hydrogen-bond acceptors (Lipinski definition) is 5. The standard InChI is InChI=1S/C18H26N2O2S/c1-4-10-19-11-9-15-13-23-18(20-15)14-7-8-16(21-5-2)17(12-14)22-6-3/h7-8,12-13,19H,4-6,9-11H2,1-3H3. The zero-order valence-corrected chi connectivity index (χ0v) is 15.0. The first-order valence-electron chi connectivity index (χ1n) is 8.33. The van der Waals surface area contributed by atoms with Crippen molar-refractivity contribution >= 4 is 11.3 Å². The fourth-order valence-electron chi connectivity index (χ4n) is 2.26. The van der Waals surface area contributed by atoms with Gasteiger partial charge in [0, 0.05) is 23.9 Å². The van der Waals surface area contributed by atoms with Gasteiger partial charge < -0.3 is 14.8 Å². The van der Waals surface area contributed by atoms with E-state index in [0.29, 0.717) is 13.2 Å². The van der Waals surface area contributed by atoms with E-state index in [2.05, 4.69) is 17.6 Å². The van der Waals surface area contributed by atoms with Crippen molar-refractivity contribution in [3.8, 4) is 22.1 Å². The summed E-state index contributed by atoms with van der Waals surface area (Å²) in [6, 6.07) is 6.03. The second-order valence-electron chi connectivity index (χ2n) is 5.17. The molecule has 5 heteroatoms. The van der Waals surface area contributed by atoms with E-state index in [9.17, 15) is 0 Å². The Hall–Kier alpha value is -1.59. The molecule has 0 spiro atoms. The molecule has 1 aromatic carbocycles. The average Bonchev–Trinajstić information content (AvgIpc) is 3.03. The zero-order chi connectivity index (χ0) is 16.5. The Kier molecular flexibility index (Phi) is 7.36. The van der Waals surface area contributed by atoms with Gasteiger partial charge in [-0.25, -0.2) is 4.98 Å². The molecule has 2 aromatic rings. The van der Waals surface area contributed by atoms with Crippen molar-refractivity contribution in [3.63, 3.8) is 0 Å². The van der Waals surface area contributed by atoms with Gasteiger partial charge in [-0.05, 0) is 45.0 Å². The minimum Gasteiger partial charge on any atom is -0.490 e. The maximum atomic E-state index is 5.69. The number of nitrogens with one attached hydrogen (secondary N) is 1. The summed E-state index contributed by atoms with van der Waals surface area (Å²) in [5.41, 5.74) is 2.22. The fraction of sp³-hybridized carbons (Fsp3) is 0.500. The lowest BCUT2D eigenvalue weighted by atomic mass is 10.2. The van der Waals surface area contributed by atoms with Crippen molar-refractivity contribution in [2.75, 3.05) is 26.3 Å². The van der Waals surface area contributed by atoms with Crippen LogP contribution in [0.2, 0.25) is 0 Å². The third kappa shape index (κ3) is 5.22. The maximum absolute atomic E-state index is 5.69. The van der Waals surface area contributed by atoms with Crippen LogP contribution in [0.4, 0.5) is 0 Å². The number of benzene rings is 1. The molecule has 4 nitrogen and oxygen atoms in total. The van der Waals surface area contributed by atoms with Crippen LogP contribution in [0.3, 0.4) is 0 Å². The lowest BCUT2D eigenvalue weighted by molar-refractivity contribution is 0.288. The largest absolute Gasteiger partial charge is 0.490 e. The van der Waals surface area contributed by atoms with Crippen LogP contribution in [0.5, 0.6) is 11.5 Å². The van der Waals surface area contributed by atoms with E-state index in [0.717, 1.165) is 53.7 Å². The highest BCUT2D eigenvalue weighted by Crippen LogP contribution is 2.34. The minimum atomic E-state index is 0.621. The summed E-state index contributed by atoms with van der Waals surface area (Å²) in [5, 5.41) is 6.57. The molecular formula is C18H26N2O2S. The van der Waals surface area contributed by atoms with Crippen molar-refractivity contribution in [1.29, 1.82) is 0 Å². The molecule has 2 rings (SSSR count). The number of rotatable bonds is 10. The first-order chi connectivity index (χ1) is 11.3. The number of ether oxygens (including phenoxy) is 2. The number of aromatic nitrogens is 1. The van der Waals surface area contributed by atoms with Crippen molar-refractivity contribution in [2.45, 2.75) is 33.6 Å². The number of thiazole rings is 1. The molecule has 0 bridgehead atoms. The molecule has 0 saturated carbocycles. The van der Waals surface area contributed by atoms with E-state index in [1.165, 1.54) is 0 Å². The highest BCUT2D eigenvalue weighted by Gasteiger charge is 2.10. The molecule has 1 heterocycles. The third-order valence-electron chi connectivity index (χ3n) is 3.33. The smallest absolute Gasteiger partial charge is 0.161 e. The summed E-state index contributed by atoms with van der Waals surface area (Å²) >= 11 is 1.68. The molecule has 0 saturated heterocycles. The molecule has 1 N–H and O–H groups in total. The summed E-state index contributed by atoms with van der Waals surface area (Å²) < 4.78 is 11.3. The molecule has 0 unspecified atom stereocenters. The topological polar surface area (TPSA) is 43.4 Å². The minimum absolute atomic E-state index is 0.621. The molecule has 0 aliphatic carbocycles. The van der Waals surface area contributed by atoms with Gasteiger partial charge in [-0.15, -0.1) is 11.3 Å². The van der Waals surface area contributed by atoms with Crippen LogP contribution in [0.25, 0.3) is 10.6 Å². The molecular weight excluding hydrogens is 308 g/mol. The van der Waals surface area contributed by atoms with Crippen molar-refractivity contribution < 1.29 is 9.47 Å². The normalized spacial score (nSPS) is 10.7. The van der Waals surface area contributed by atoms with Gasteiger partial charge in [0.25, 0.3) is 0 Å². The SMILES string of the molecule is CCCNCCc1csc(-c2ccc(OCC)c(OCC)c2)n1. The van der Waals surface area contributed by atoms with Gasteiger partial charge >= 0.3 is 0 Å². The molecule has 0 aliphatic rings. The Morgan fingerprint density at radius 2 is 1.83 bits per heavy atom. The quantitative estimate of drug-likeness (QED) is 0.663. The summed E-state index contributed by atoms with van der Waals surface area (Å²) in [6.07, 6.45) is 2.13. The zero-order valence-electron chi connectivity index (χ0n) is 14.2. The third-order valence-corrected chi connectivity index (χ3v) is 4.27. The number of hydrogen-bond donors (Lipinski definition) is 1. The second-order valence-corrected chi connectivity index (χ2v) is 6.03. The van der Waals surface area contributed by atoms with Crippen LogP contribution >= 0.6 is 11.3 Å². The van der Waals surface area contributed by atoms with Crippen LogP contribution in [-0.2, 0) is 6.42 Å². The monoisotopic (exact) mass is 334 g/mol. The Bertz CT molecular complexity index is 598. The van der Waals surface area contributed by atoms with E-state index in [4.69, 9.17) is 14.5 Å². The van der Waals surface area contributed by atoms with Crippen LogP contribution < -0.4 is 14.8 Å².